The van der Waals surface area contributed by atoms with Gasteiger partial charge in [-0.25, -0.2) is 4.79 Å². The Bertz CT molecular complexity index is 381. The number of hydrogen-bond donors (Lipinski definition) is 2. The molecular weight excluding hydrogens is 230 g/mol. The SMILES string of the molecule is C=CCN(CCO)C(=O)NC(C)c1ccncc1. The number of rotatable bonds is 6. The van der Waals surface area contributed by atoms with Crippen LogP contribution in [0.25, 0.3) is 0 Å². The highest BCUT2D eigenvalue weighted by Gasteiger charge is 2.14. The highest BCUT2D eigenvalue weighted by molar-refractivity contribution is 5.74. The second-order valence-corrected chi connectivity index (χ2v) is 3.91. The van der Waals surface area contributed by atoms with E-state index < -0.39 is 0 Å². The van der Waals surface area contributed by atoms with Gasteiger partial charge in [-0.2, -0.15) is 0 Å². The fraction of sp³-hybridized carbons (Fsp3) is 0.385. The number of amides is 2. The van der Waals surface area contributed by atoms with E-state index in [2.05, 4.69) is 16.9 Å². The highest BCUT2D eigenvalue weighted by atomic mass is 16.3. The molecule has 18 heavy (non-hydrogen) atoms. The maximum absolute atomic E-state index is 11.9. The zero-order valence-electron chi connectivity index (χ0n) is 10.5. The van der Waals surface area contributed by atoms with Gasteiger partial charge in [-0.3, -0.25) is 4.98 Å². The monoisotopic (exact) mass is 249 g/mol. The molecule has 0 bridgehead atoms. The molecule has 0 saturated carbocycles. The van der Waals surface area contributed by atoms with Gasteiger partial charge >= 0.3 is 6.03 Å². The van der Waals surface area contributed by atoms with Crippen LogP contribution >= 0.6 is 0 Å². The lowest BCUT2D eigenvalue weighted by Gasteiger charge is -2.23. The lowest BCUT2D eigenvalue weighted by atomic mass is 10.1. The third-order valence-corrected chi connectivity index (χ3v) is 2.55. The zero-order chi connectivity index (χ0) is 13.4. The van der Waals surface area contributed by atoms with Crippen molar-refractivity contribution in [2.75, 3.05) is 19.7 Å². The van der Waals surface area contributed by atoms with E-state index in [1.165, 1.54) is 4.90 Å². The van der Waals surface area contributed by atoms with E-state index in [1.54, 1.807) is 18.5 Å². The third-order valence-electron chi connectivity index (χ3n) is 2.55. The van der Waals surface area contributed by atoms with Gasteiger partial charge in [0.2, 0.25) is 0 Å². The Balaban J connectivity index is 2.59. The van der Waals surface area contributed by atoms with E-state index in [9.17, 15) is 4.79 Å². The van der Waals surface area contributed by atoms with Crippen molar-refractivity contribution in [3.8, 4) is 0 Å². The molecule has 2 amide bonds. The number of carbonyl (C=O) groups is 1. The van der Waals surface area contributed by atoms with E-state index in [1.807, 2.05) is 19.1 Å². The topological polar surface area (TPSA) is 65.5 Å². The number of aromatic nitrogens is 1. The van der Waals surface area contributed by atoms with Crippen LogP contribution in [0.5, 0.6) is 0 Å². The van der Waals surface area contributed by atoms with Gasteiger partial charge in [0.05, 0.1) is 12.6 Å². The van der Waals surface area contributed by atoms with Gasteiger partial charge in [0.1, 0.15) is 0 Å². The van der Waals surface area contributed by atoms with E-state index in [4.69, 9.17) is 5.11 Å². The average Bonchev–Trinajstić information content (AvgIpc) is 2.39. The predicted molar refractivity (Wildman–Crippen MR) is 70.0 cm³/mol. The molecule has 1 heterocycles. The molecule has 5 heteroatoms. The van der Waals surface area contributed by atoms with Crippen molar-refractivity contribution in [2.24, 2.45) is 0 Å². The maximum atomic E-state index is 11.9. The molecule has 0 aliphatic heterocycles. The lowest BCUT2D eigenvalue weighted by molar-refractivity contribution is 0.181. The minimum Gasteiger partial charge on any atom is -0.395 e. The smallest absolute Gasteiger partial charge is 0.318 e. The third kappa shape index (κ3) is 4.18. The first-order valence-electron chi connectivity index (χ1n) is 5.86. The highest BCUT2D eigenvalue weighted by Crippen LogP contribution is 2.10. The second-order valence-electron chi connectivity index (χ2n) is 3.91. The quantitative estimate of drug-likeness (QED) is 0.748. The molecule has 0 aliphatic rings. The molecule has 5 nitrogen and oxygen atoms in total. The molecule has 1 aromatic heterocycles. The van der Waals surface area contributed by atoms with Crippen LogP contribution in [0.15, 0.2) is 37.2 Å². The molecule has 0 aliphatic carbocycles. The number of nitrogens with one attached hydrogen (secondary N) is 1. The van der Waals surface area contributed by atoms with E-state index in [0.717, 1.165) is 5.56 Å². The Morgan fingerprint density at radius 1 is 1.61 bits per heavy atom. The standard InChI is InChI=1S/C13H19N3O2/c1-3-8-16(9-10-17)13(18)15-11(2)12-4-6-14-7-5-12/h3-7,11,17H,1,8-10H2,2H3,(H,15,18). The van der Waals surface area contributed by atoms with Gasteiger partial charge < -0.3 is 15.3 Å². The van der Waals surface area contributed by atoms with Crippen molar-refractivity contribution >= 4 is 6.03 Å². The Morgan fingerprint density at radius 2 is 2.28 bits per heavy atom. The minimum absolute atomic E-state index is 0.0646. The second kappa shape index (κ2) is 7.45. The summed E-state index contributed by atoms with van der Waals surface area (Å²) in [6, 6.07) is 3.39. The van der Waals surface area contributed by atoms with Crippen LogP contribution in [-0.2, 0) is 0 Å². The zero-order valence-corrected chi connectivity index (χ0v) is 10.5. The van der Waals surface area contributed by atoms with Crippen LogP contribution in [0, 0.1) is 0 Å². The van der Waals surface area contributed by atoms with Crippen LogP contribution in [0.1, 0.15) is 18.5 Å². The molecule has 0 spiro atoms. The summed E-state index contributed by atoms with van der Waals surface area (Å²) in [5.74, 6) is 0. The number of urea groups is 1. The van der Waals surface area contributed by atoms with Gasteiger partial charge in [-0.15, -0.1) is 6.58 Å². The summed E-state index contributed by atoms with van der Waals surface area (Å²) < 4.78 is 0. The van der Waals surface area contributed by atoms with Gasteiger partial charge in [-0.1, -0.05) is 6.08 Å². The molecule has 2 N–H and O–H groups in total. The number of hydrogen-bond acceptors (Lipinski definition) is 3. The summed E-state index contributed by atoms with van der Waals surface area (Å²) in [5, 5.41) is 11.8. The molecular formula is C13H19N3O2. The molecule has 1 unspecified atom stereocenters. The molecule has 1 rings (SSSR count). The fourth-order valence-corrected chi connectivity index (χ4v) is 1.56. The lowest BCUT2D eigenvalue weighted by Crippen LogP contribution is -2.42. The minimum atomic E-state index is -0.215. The predicted octanol–water partition coefficient (Wildman–Crippen LogP) is 1.33. The summed E-state index contributed by atoms with van der Waals surface area (Å²) >= 11 is 0. The summed E-state index contributed by atoms with van der Waals surface area (Å²) in [6.07, 6.45) is 5.01. The van der Waals surface area contributed by atoms with Crippen molar-refractivity contribution < 1.29 is 9.90 Å². The van der Waals surface area contributed by atoms with E-state index >= 15 is 0 Å². The van der Waals surface area contributed by atoms with Crippen molar-refractivity contribution in [2.45, 2.75) is 13.0 Å². The molecule has 0 fully saturated rings. The summed E-state index contributed by atoms with van der Waals surface area (Å²) in [6.45, 7) is 6.13. The number of aliphatic hydroxyl groups excluding tert-OH is 1. The van der Waals surface area contributed by atoms with Crippen LogP contribution < -0.4 is 5.32 Å². The molecule has 0 radical (unpaired) electrons. The summed E-state index contributed by atoms with van der Waals surface area (Å²) in [4.78, 5) is 17.4. The fourth-order valence-electron chi connectivity index (χ4n) is 1.56. The van der Waals surface area contributed by atoms with Crippen LogP contribution in [0.3, 0.4) is 0 Å². The van der Waals surface area contributed by atoms with Crippen molar-refractivity contribution in [1.29, 1.82) is 0 Å². The number of aliphatic hydroxyl groups is 1. The Hall–Kier alpha value is -1.88. The van der Waals surface area contributed by atoms with Crippen molar-refractivity contribution in [1.82, 2.24) is 15.2 Å². The van der Waals surface area contributed by atoms with Gasteiger partial charge in [0.15, 0.2) is 0 Å². The normalized spacial score (nSPS) is 11.7. The van der Waals surface area contributed by atoms with E-state index in [-0.39, 0.29) is 18.7 Å². The number of carbonyl (C=O) groups excluding carboxylic acids is 1. The van der Waals surface area contributed by atoms with Crippen LogP contribution in [0.2, 0.25) is 0 Å². The molecule has 0 saturated heterocycles. The first kappa shape index (κ1) is 14.2. The molecule has 0 aromatic carbocycles. The van der Waals surface area contributed by atoms with Gasteiger partial charge in [-0.05, 0) is 24.6 Å². The van der Waals surface area contributed by atoms with Crippen molar-refractivity contribution in [3.05, 3.63) is 42.7 Å². The van der Waals surface area contributed by atoms with Crippen molar-refractivity contribution in [3.63, 3.8) is 0 Å². The number of nitrogens with zero attached hydrogens (tertiary/aromatic N) is 2. The molecule has 98 valence electrons. The first-order chi connectivity index (χ1) is 8.69. The largest absolute Gasteiger partial charge is 0.395 e. The average molecular weight is 249 g/mol. The maximum Gasteiger partial charge on any atom is 0.318 e. The summed E-state index contributed by atoms with van der Waals surface area (Å²) in [7, 11) is 0. The Labute approximate surface area is 107 Å². The van der Waals surface area contributed by atoms with Gasteiger partial charge in [0.25, 0.3) is 0 Å². The summed E-state index contributed by atoms with van der Waals surface area (Å²) in [5.41, 5.74) is 0.987. The molecule has 1 atom stereocenters. The van der Waals surface area contributed by atoms with Crippen LogP contribution in [0.4, 0.5) is 4.79 Å². The Morgan fingerprint density at radius 3 is 2.83 bits per heavy atom. The van der Waals surface area contributed by atoms with Crippen LogP contribution in [-0.4, -0.2) is 40.7 Å². The number of pyridine rings is 1. The molecule has 1 aromatic rings. The first-order valence-corrected chi connectivity index (χ1v) is 5.86. The van der Waals surface area contributed by atoms with E-state index in [0.29, 0.717) is 13.1 Å². The Kier molecular flexibility index (Phi) is 5.87. The van der Waals surface area contributed by atoms with Gasteiger partial charge in [0, 0.05) is 25.5 Å².